The summed E-state index contributed by atoms with van der Waals surface area (Å²) in [6, 6.07) is 7.69. The van der Waals surface area contributed by atoms with Gasteiger partial charge in [-0.05, 0) is 56.1 Å². The van der Waals surface area contributed by atoms with Gasteiger partial charge < -0.3 is 0 Å². The van der Waals surface area contributed by atoms with E-state index in [0.29, 0.717) is 0 Å². The molecule has 4 rings (SSSR count). The highest BCUT2D eigenvalue weighted by atomic mass is 79.9. The molecular weight excluding hydrogens is 448 g/mol. The minimum absolute atomic E-state index is 0.846. The van der Waals surface area contributed by atoms with Crippen molar-refractivity contribution in [1.29, 1.82) is 0 Å². The van der Waals surface area contributed by atoms with Crippen LogP contribution in [0.3, 0.4) is 0 Å². The molecule has 0 aliphatic carbocycles. The summed E-state index contributed by atoms with van der Waals surface area (Å²) >= 11 is 10.1. The Hall–Kier alpha value is -1.22. The molecule has 8 heteroatoms. The lowest BCUT2D eigenvalue weighted by molar-refractivity contribution is 1.29. The van der Waals surface area contributed by atoms with Crippen LogP contribution in [0.25, 0.3) is 31.1 Å². The van der Waals surface area contributed by atoms with Gasteiger partial charge in [-0.3, -0.25) is 9.97 Å². The van der Waals surface area contributed by atoms with Crippen molar-refractivity contribution in [3.8, 4) is 21.4 Å². The topological polar surface area (TPSA) is 51.6 Å². The van der Waals surface area contributed by atoms with E-state index >= 15 is 0 Å². The number of aromatic nitrogens is 4. The number of nitrogens with zero attached hydrogens (tertiary/aromatic N) is 4. The smallest absolute Gasteiger partial charge is 0.156 e. The van der Waals surface area contributed by atoms with Gasteiger partial charge in [-0.25, -0.2) is 9.97 Å². The van der Waals surface area contributed by atoms with E-state index in [1.807, 2.05) is 24.3 Å². The van der Waals surface area contributed by atoms with Gasteiger partial charge in [-0.15, -0.1) is 0 Å². The molecule has 0 atom stereocenters. The highest BCUT2D eigenvalue weighted by Crippen LogP contribution is 2.38. The van der Waals surface area contributed by atoms with Crippen LogP contribution in [0.4, 0.5) is 0 Å². The Labute approximate surface area is 150 Å². The molecule has 4 aromatic rings. The van der Waals surface area contributed by atoms with Gasteiger partial charge in [0.2, 0.25) is 0 Å². The van der Waals surface area contributed by atoms with Crippen LogP contribution in [0.1, 0.15) is 0 Å². The van der Waals surface area contributed by atoms with E-state index < -0.39 is 0 Å². The van der Waals surface area contributed by atoms with E-state index in [9.17, 15) is 0 Å². The molecule has 0 unspecified atom stereocenters. The molecule has 0 saturated carbocycles. The third kappa shape index (κ3) is 2.50. The Morgan fingerprint density at radius 3 is 1.59 bits per heavy atom. The Kier molecular flexibility index (Phi) is 3.77. The lowest BCUT2D eigenvalue weighted by Gasteiger charge is -1.98. The minimum Gasteiger partial charge on any atom is -0.253 e. The monoisotopic (exact) mass is 452 g/mol. The molecule has 0 saturated heterocycles. The van der Waals surface area contributed by atoms with Gasteiger partial charge in [0, 0.05) is 21.3 Å². The van der Waals surface area contributed by atoms with Crippen LogP contribution >= 0.6 is 54.5 Å². The van der Waals surface area contributed by atoms with Crippen molar-refractivity contribution in [3.63, 3.8) is 0 Å². The maximum absolute atomic E-state index is 4.66. The molecule has 0 amide bonds. The first-order chi connectivity index (χ1) is 10.7. The van der Waals surface area contributed by atoms with Crippen LogP contribution in [-0.2, 0) is 0 Å². The fourth-order valence-corrected chi connectivity index (χ4v) is 5.14. The van der Waals surface area contributed by atoms with Crippen LogP contribution in [0.2, 0.25) is 0 Å². The molecule has 108 valence electrons. The third-order valence-electron chi connectivity index (χ3n) is 2.90. The van der Waals surface area contributed by atoms with E-state index in [-0.39, 0.29) is 0 Å². The molecule has 4 aromatic heterocycles. The summed E-state index contributed by atoms with van der Waals surface area (Å²) in [5.41, 5.74) is 1.69. The lowest BCUT2D eigenvalue weighted by atomic mass is 10.4. The SMILES string of the molecule is Brc1cccnc1-c1nc2sc(-c3ncccc3Br)nc2s1. The Bertz CT molecular complexity index is 873. The number of hydrogen-bond donors (Lipinski definition) is 0. The number of fused-ring (bicyclic) bond motifs is 1. The maximum atomic E-state index is 4.66. The van der Waals surface area contributed by atoms with Crippen molar-refractivity contribution >= 4 is 64.2 Å². The van der Waals surface area contributed by atoms with Crippen molar-refractivity contribution < 1.29 is 0 Å². The quantitative estimate of drug-likeness (QED) is 0.407. The van der Waals surface area contributed by atoms with Gasteiger partial charge in [0.05, 0.1) is 0 Å². The first kappa shape index (κ1) is 14.4. The highest BCUT2D eigenvalue weighted by molar-refractivity contribution is 9.11. The number of halogens is 2. The standard InChI is InChI=1S/C14H6Br2N4S2/c15-7-3-1-5-17-9(7)11-19-13-14(21-11)20-12(22-13)10-8(16)4-2-6-18-10/h1-6H. The van der Waals surface area contributed by atoms with E-state index in [0.717, 1.165) is 40.0 Å². The molecular formula is C14H6Br2N4S2. The highest BCUT2D eigenvalue weighted by Gasteiger charge is 2.16. The molecule has 0 bridgehead atoms. The summed E-state index contributed by atoms with van der Waals surface area (Å²) in [5.74, 6) is 0. The Morgan fingerprint density at radius 1 is 0.727 bits per heavy atom. The molecule has 0 aliphatic heterocycles. The second-order valence-corrected chi connectivity index (χ2v) is 7.98. The molecule has 0 radical (unpaired) electrons. The summed E-state index contributed by atoms with van der Waals surface area (Å²) in [5, 5.41) is 1.74. The predicted octanol–water partition coefficient (Wildman–Crippen LogP) is 5.40. The van der Waals surface area contributed by atoms with E-state index in [2.05, 4.69) is 51.8 Å². The van der Waals surface area contributed by atoms with Crippen LogP contribution in [-0.4, -0.2) is 19.9 Å². The summed E-state index contributed by atoms with van der Waals surface area (Å²) in [6.45, 7) is 0. The fourth-order valence-electron chi connectivity index (χ4n) is 1.93. The van der Waals surface area contributed by atoms with Crippen LogP contribution in [0.5, 0.6) is 0 Å². The molecule has 0 N–H and O–H groups in total. The van der Waals surface area contributed by atoms with E-state index in [1.165, 1.54) is 22.7 Å². The molecule has 0 aromatic carbocycles. The second-order valence-electron chi connectivity index (χ2n) is 4.32. The van der Waals surface area contributed by atoms with Gasteiger partial charge in [-0.2, -0.15) is 0 Å². The normalized spacial score (nSPS) is 11.2. The number of thiazole rings is 2. The summed E-state index contributed by atoms with van der Waals surface area (Å²) in [6.07, 6.45) is 3.53. The van der Waals surface area contributed by atoms with Crippen LogP contribution < -0.4 is 0 Å². The summed E-state index contributed by atoms with van der Waals surface area (Å²) in [4.78, 5) is 19.9. The largest absolute Gasteiger partial charge is 0.253 e. The molecule has 22 heavy (non-hydrogen) atoms. The molecule has 0 aliphatic rings. The van der Waals surface area contributed by atoms with Crippen molar-refractivity contribution in [2.45, 2.75) is 0 Å². The molecule has 0 fully saturated rings. The zero-order valence-corrected chi connectivity index (χ0v) is 15.6. The van der Waals surface area contributed by atoms with Crippen molar-refractivity contribution in [2.75, 3.05) is 0 Å². The van der Waals surface area contributed by atoms with Gasteiger partial charge in [0.25, 0.3) is 0 Å². The van der Waals surface area contributed by atoms with Gasteiger partial charge in [0.15, 0.2) is 9.66 Å². The molecule has 0 spiro atoms. The maximum Gasteiger partial charge on any atom is 0.156 e. The number of rotatable bonds is 2. The lowest BCUT2D eigenvalue weighted by Crippen LogP contribution is -1.83. The average molecular weight is 454 g/mol. The summed E-state index contributed by atoms with van der Waals surface area (Å²) in [7, 11) is 0. The van der Waals surface area contributed by atoms with Crippen molar-refractivity contribution in [1.82, 2.24) is 19.9 Å². The number of pyridine rings is 2. The van der Waals surface area contributed by atoms with Crippen molar-refractivity contribution in [2.24, 2.45) is 0 Å². The average Bonchev–Trinajstić information content (AvgIpc) is 3.06. The van der Waals surface area contributed by atoms with Gasteiger partial charge in [0.1, 0.15) is 21.4 Å². The van der Waals surface area contributed by atoms with Crippen LogP contribution in [0, 0.1) is 0 Å². The fraction of sp³-hybridized carbons (Fsp3) is 0. The first-order valence-corrected chi connectivity index (χ1v) is 9.43. The predicted molar refractivity (Wildman–Crippen MR) is 97.2 cm³/mol. The Morgan fingerprint density at radius 2 is 1.18 bits per heavy atom. The minimum atomic E-state index is 0.846. The third-order valence-corrected chi connectivity index (χ3v) is 6.22. The Balaban J connectivity index is 1.81. The van der Waals surface area contributed by atoms with Gasteiger partial charge >= 0.3 is 0 Å². The summed E-state index contributed by atoms with van der Waals surface area (Å²) < 4.78 is 1.87. The van der Waals surface area contributed by atoms with Gasteiger partial charge in [-0.1, -0.05) is 22.7 Å². The van der Waals surface area contributed by atoms with Crippen LogP contribution in [0.15, 0.2) is 45.6 Å². The number of hydrogen-bond acceptors (Lipinski definition) is 6. The van der Waals surface area contributed by atoms with E-state index in [1.54, 1.807) is 12.4 Å². The zero-order chi connectivity index (χ0) is 15.1. The van der Waals surface area contributed by atoms with E-state index in [4.69, 9.17) is 0 Å². The van der Waals surface area contributed by atoms with Crippen molar-refractivity contribution in [3.05, 3.63) is 45.6 Å². The molecule has 4 nitrogen and oxygen atoms in total. The molecule has 4 heterocycles. The zero-order valence-electron chi connectivity index (χ0n) is 10.8. The second kappa shape index (κ2) is 5.77. The first-order valence-electron chi connectivity index (χ1n) is 6.21.